The number of rotatable bonds is 6. The number of ether oxygens (including phenoxy) is 1. The molecule has 174 valence electrons. The number of benzene rings is 1. The molecule has 0 radical (unpaired) electrons. The standard InChI is InChI=1S/C22H20F3N3O5/c1-10-18(21(31)28-15(9-29)20(26)30)14-8-11(2-4-17(14)32-10)33-16-5-3-13-12(16)6-7-27-19(13)22(23,24)25/h2,4,6-8,15-16,29H,3,5,9H2,1H3,(H2,26,30)(H,28,31)/t15-,16?/m0/s1. The van der Waals surface area contributed by atoms with E-state index in [1.807, 2.05) is 0 Å². The third-order valence-electron chi connectivity index (χ3n) is 5.54. The predicted octanol–water partition coefficient (Wildman–Crippen LogP) is 2.80. The highest BCUT2D eigenvalue weighted by molar-refractivity contribution is 6.08. The van der Waals surface area contributed by atoms with Crippen LogP contribution in [0, 0.1) is 6.92 Å². The lowest BCUT2D eigenvalue weighted by Crippen LogP contribution is -2.46. The molecule has 2 atom stereocenters. The molecule has 0 fully saturated rings. The Balaban J connectivity index is 1.64. The number of pyridine rings is 1. The summed E-state index contributed by atoms with van der Waals surface area (Å²) in [5.74, 6) is -0.969. The Morgan fingerprint density at radius 3 is 2.79 bits per heavy atom. The molecule has 11 heteroatoms. The molecule has 8 nitrogen and oxygen atoms in total. The molecule has 3 aromatic rings. The van der Waals surface area contributed by atoms with Crippen LogP contribution in [0.4, 0.5) is 13.2 Å². The van der Waals surface area contributed by atoms with Crippen LogP contribution >= 0.6 is 0 Å². The van der Waals surface area contributed by atoms with Crippen LogP contribution in [0.2, 0.25) is 0 Å². The number of hydrogen-bond acceptors (Lipinski definition) is 6. The first kappa shape index (κ1) is 22.6. The summed E-state index contributed by atoms with van der Waals surface area (Å²) in [6.45, 7) is 0.896. The minimum atomic E-state index is -4.55. The van der Waals surface area contributed by atoms with Crippen LogP contribution in [0.5, 0.6) is 5.75 Å². The number of carbonyl (C=O) groups excluding carboxylic acids is 2. The Bertz CT molecular complexity index is 1240. The van der Waals surface area contributed by atoms with E-state index in [1.165, 1.54) is 6.07 Å². The van der Waals surface area contributed by atoms with Crippen LogP contribution in [-0.4, -0.2) is 34.6 Å². The lowest BCUT2D eigenvalue weighted by Gasteiger charge is -2.16. The zero-order valence-corrected chi connectivity index (χ0v) is 17.4. The van der Waals surface area contributed by atoms with Crippen molar-refractivity contribution in [3.8, 4) is 5.75 Å². The van der Waals surface area contributed by atoms with Gasteiger partial charge in [-0.05, 0) is 55.2 Å². The van der Waals surface area contributed by atoms with Crippen LogP contribution in [0.25, 0.3) is 11.0 Å². The molecule has 0 saturated heterocycles. The van der Waals surface area contributed by atoms with E-state index in [1.54, 1.807) is 25.1 Å². The second-order valence-corrected chi connectivity index (χ2v) is 7.67. The smallest absolute Gasteiger partial charge is 0.433 e. The number of alkyl halides is 3. The molecule has 2 heterocycles. The first-order valence-corrected chi connectivity index (χ1v) is 10.1. The molecule has 1 unspecified atom stereocenters. The number of hydrogen-bond donors (Lipinski definition) is 3. The second kappa shape index (κ2) is 8.39. The van der Waals surface area contributed by atoms with Gasteiger partial charge < -0.3 is 25.3 Å². The number of nitrogens with zero attached hydrogens (tertiary/aromatic N) is 1. The number of aryl methyl sites for hydroxylation is 1. The lowest BCUT2D eigenvalue weighted by atomic mass is 10.1. The fourth-order valence-electron chi connectivity index (χ4n) is 4.03. The Morgan fingerprint density at radius 2 is 2.12 bits per heavy atom. The van der Waals surface area contributed by atoms with Crippen LogP contribution in [-0.2, 0) is 17.4 Å². The Kier molecular flexibility index (Phi) is 5.75. The molecule has 1 aromatic carbocycles. The van der Waals surface area contributed by atoms with Crippen molar-refractivity contribution in [2.75, 3.05) is 6.61 Å². The normalized spacial score (nSPS) is 16.5. The van der Waals surface area contributed by atoms with E-state index >= 15 is 0 Å². The van der Waals surface area contributed by atoms with Crippen molar-refractivity contribution in [3.63, 3.8) is 0 Å². The third kappa shape index (κ3) is 4.23. The van der Waals surface area contributed by atoms with Crippen molar-refractivity contribution in [1.29, 1.82) is 0 Å². The number of aliphatic hydroxyl groups is 1. The van der Waals surface area contributed by atoms with Crippen molar-refractivity contribution in [2.45, 2.75) is 38.1 Å². The molecule has 0 spiro atoms. The second-order valence-electron chi connectivity index (χ2n) is 7.67. The first-order chi connectivity index (χ1) is 15.6. The Hall–Kier alpha value is -3.60. The number of aromatic nitrogens is 1. The quantitative estimate of drug-likeness (QED) is 0.516. The number of nitrogens with two attached hydrogens (primary N) is 1. The number of fused-ring (bicyclic) bond motifs is 2. The van der Waals surface area contributed by atoms with E-state index in [9.17, 15) is 27.9 Å². The third-order valence-corrected chi connectivity index (χ3v) is 5.54. The molecule has 0 bridgehead atoms. The molecule has 33 heavy (non-hydrogen) atoms. The van der Waals surface area contributed by atoms with Gasteiger partial charge in [0.15, 0.2) is 0 Å². The topological polar surface area (TPSA) is 128 Å². The van der Waals surface area contributed by atoms with Crippen LogP contribution < -0.4 is 15.8 Å². The van der Waals surface area contributed by atoms with E-state index in [-0.39, 0.29) is 23.3 Å². The molecule has 0 aliphatic heterocycles. The SMILES string of the molecule is Cc1oc2ccc(OC3CCc4c3ccnc4C(F)(F)F)cc2c1C(=O)N[C@@H](CO)C(N)=O. The summed E-state index contributed by atoms with van der Waals surface area (Å²) < 4.78 is 51.4. The fraction of sp³-hybridized carbons (Fsp3) is 0.318. The molecule has 2 aromatic heterocycles. The summed E-state index contributed by atoms with van der Waals surface area (Å²) in [7, 11) is 0. The van der Waals surface area contributed by atoms with Crippen molar-refractivity contribution < 1.29 is 37.0 Å². The van der Waals surface area contributed by atoms with Crippen LogP contribution in [0.15, 0.2) is 34.9 Å². The molecule has 4 rings (SSSR count). The average molecular weight is 463 g/mol. The summed E-state index contributed by atoms with van der Waals surface area (Å²) in [6, 6.07) is 4.96. The van der Waals surface area contributed by atoms with Crippen molar-refractivity contribution in [1.82, 2.24) is 10.3 Å². The van der Waals surface area contributed by atoms with Crippen molar-refractivity contribution in [2.24, 2.45) is 5.73 Å². The maximum atomic E-state index is 13.3. The van der Waals surface area contributed by atoms with Crippen molar-refractivity contribution >= 4 is 22.8 Å². The van der Waals surface area contributed by atoms with Gasteiger partial charge >= 0.3 is 6.18 Å². The summed E-state index contributed by atoms with van der Waals surface area (Å²) in [6.07, 6.45) is -3.52. The number of halogens is 3. The minimum Gasteiger partial charge on any atom is -0.486 e. The van der Waals surface area contributed by atoms with Crippen molar-refractivity contribution in [3.05, 3.63) is 58.6 Å². The van der Waals surface area contributed by atoms with Gasteiger partial charge in [-0.15, -0.1) is 0 Å². The van der Waals surface area contributed by atoms with Gasteiger partial charge in [-0.1, -0.05) is 0 Å². The number of primary amides is 1. The van der Waals surface area contributed by atoms with Gasteiger partial charge in [-0.3, -0.25) is 14.6 Å². The van der Waals surface area contributed by atoms with Gasteiger partial charge in [0.25, 0.3) is 5.91 Å². The summed E-state index contributed by atoms with van der Waals surface area (Å²) in [5.41, 5.74) is 5.31. The van der Waals surface area contributed by atoms with Crippen LogP contribution in [0.3, 0.4) is 0 Å². The molecule has 1 aliphatic carbocycles. The van der Waals surface area contributed by atoms with Gasteiger partial charge in [-0.2, -0.15) is 13.2 Å². The van der Waals surface area contributed by atoms with Gasteiger partial charge in [0.2, 0.25) is 5.91 Å². The average Bonchev–Trinajstić information content (AvgIpc) is 3.30. The molecule has 2 amide bonds. The van der Waals surface area contributed by atoms with E-state index in [0.717, 1.165) is 6.20 Å². The zero-order chi connectivity index (χ0) is 23.9. The maximum absolute atomic E-state index is 13.3. The molecule has 1 aliphatic rings. The largest absolute Gasteiger partial charge is 0.486 e. The molecular weight excluding hydrogens is 443 g/mol. The van der Waals surface area contributed by atoms with Crippen LogP contribution in [0.1, 0.15) is 45.5 Å². The number of nitrogens with one attached hydrogen (secondary N) is 1. The highest BCUT2D eigenvalue weighted by Crippen LogP contribution is 2.41. The number of carbonyl (C=O) groups is 2. The minimum absolute atomic E-state index is 0.122. The monoisotopic (exact) mass is 463 g/mol. The van der Waals surface area contributed by atoms with Gasteiger partial charge in [0, 0.05) is 11.6 Å². The summed E-state index contributed by atoms with van der Waals surface area (Å²) >= 11 is 0. The number of furan rings is 1. The predicted molar refractivity (Wildman–Crippen MR) is 109 cm³/mol. The number of amides is 2. The summed E-state index contributed by atoms with van der Waals surface area (Å²) in [5, 5.41) is 12.0. The van der Waals surface area contributed by atoms with E-state index in [0.29, 0.717) is 28.7 Å². The maximum Gasteiger partial charge on any atom is 0.433 e. The van der Waals surface area contributed by atoms with Gasteiger partial charge in [0.05, 0.1) is 12.2 Å². The highest BCUT2D eigenvalue weighted by atomic mass is 19.4. The highest BCUT2D eigenvalue weighted by Gasteiger charge is 2.39. The fourth-order valence-corrected chi connectivity index (χ4v) is 4.03. The molecular formula is C22H20F3N3O5. The lowest BCUT2D eigenvalue weighted by molar-refractivity contribution is -0.141. The van der Waals surface area contributed by atoms with Gasteiger partial charge in [-0.25, -0.2) is 0 Å². The molecule has 0 saturated carbocycles. The zero-order valence-electron chi connectivity index (χ0n) is 17.4. The van der Waals surface area contributed by atoms with E-state index in [2.05, 4.69) is 10.3 Å². The van der Waals surface area contributed by atoms with Gasteiger partial charge in [0.1, 0.15) is 34.9 Å². The first-order valence-electron chi connectivity index (χ1n) is 10.1. The van der Waals surface area contributed by atoms with E-state index < -0.39 is 42.4 Å². The Labute approximate surface area is 185 Å². The summed E-state index contributed by atoms with van der Waals surface area (Å²) in [4.78, 5) is 27.6. The molecule has 4 N–H and O–H groups in total. The number of aliphatic hydroxyl groups excluding tert-OH is 1. The Morgan fingerprint density at radius 1 is 1.36 bits per heavy atom. The van der Waals surface area contributed by atoms with E-state index in [4.69, 9.17) is 14.9 Å².